The van der Waals surface area contributed by atoms with Gasteiger partial charge >= 0.3 is 0 Å². The maximum absolute atomic E-state index is 3.57. The van der Waals surface area contributed by atoms with Gasteiger partial charge in [-0.25, -0.2) is 0 Å². The van der Waals surface area contributed by atoms with Crippen molar-refractivity contribution in [3.05, 3.63) is 58.1 Å². The van der Waals surface area contributed by atoms with Crippen molar-refractivity contribution in [1.29, 1.82) is 0 Å². The largest absolute Gasteiger partial charge is 0.344 e. The molecule has 2 aromatic rings. The van der Waals surface area contributed by atoms with E-state index >= 15 is 0 Å². The van der Waals surface area contributed by atoms with Gasteiger partial charge in [-0.2, -0.15) is 0 Å². The molecule has 0 aliphatic heterocycles. The molecule has 0 spiro atoms. The van der Waals surface area contributed by atoms with Crippen LogP contribution in [-0.2, 0) is 0 Å². The summed E-state index contributed by atoms with van der Waals surface area (Å²) in [7, 11) is 4.11. The zero-order valence-electron chi connectivity index (χ0n) is 12.4. The van der Waals surface area contributed by atoms with Gasteiger partial charge in [0, 0.05) is 28.9 Å². The van der Waals surface area contributed by atoms with E-state index in [1.54, 1.807) is 0 Å². The van der Waals surface area contributed by atoms with Crippen LogP contribution >= 0.6 is 15.9 Å². The monoisotopic (exact) mass is 332 g/mol. The van der Waals surface area contributed by atoms with Crippen molar-refractivity contribution in [1.82, 2.24) is 5.32 Å². The molecule has 106 valence electrons. The molecule has 0 aliphatic carbocycles. The van der Waals surface area contributed by atoms with Crippen molar-refractivity contribution < 1.29 is 0 Å². The van der Waals surface area contributed by atoms with Gasteiger partial charge in [0.05, 0.1) is 0 Å². The van der Waals surface area contributed by atoms with Crippen LogP contribution in [0.1, 0.15) is 24.1 Å². The molecule has 0 aliphatic rings. The van der Waals surface area contributed by atoms with Gasteiger partial charge in [-0.05, 0) is 56.3 Å². The van der Waals surface area contributed by atoms with Crippen molar-refractivity contribution in [2.24, 2.45) is 0 Å². The van der Waals surface area contributed by atoms with Crippen LogP contribution in [-0.4, -0.2) is 14.1 Å². The smallest absolute Gasteiger partial charge is 0.0457 e. The van der Waals surface area contributed by atoms with E-state index in [0.717, 1.165) is 4.47 Å². The van der Waals surface area contributed by atoms with Crippen LogP contribution in [0.3, 0.4) is 0 Å². The molecule has 0 bridgehead atoms. The van der Waals surface area contributed by atoms with Gasteiger partial charge in [-0.15, -0.1) is 0 Å². The summed E-state index contributed by atoms with van der Waals surface area (Å²) in [6, 6.07) is 15.2. The molecule has 0 radical (unpaired) electrons. The zero-order chi connectivity index (χ0) is 14.7. The summed E-state index contributed by atoms with van der Waals surface area (Å²) in [5, 5.41) is 3.32. The lowest BCUT2D eigenvalue weighted by Crippen LogP contribution is -2.18. The van der Waals surface area contributed by atoms with Crippen molar-refractivity contribution >= 4 is 27.3 Å². The molecular weight excluding hydrogens is 312 g/mol. The molecule has 2 rings (SSSR count). The molecule has 1 atom stereocenters. The van der Waals surface area contributed by atoms with Gasteiger partial charge < -0.3 is 10.2 Å². The summed E-state index contributed by atoms with van der Waals surface area (Å²) in [5.74, 6) is 0. The molecule has 2 nitrogen and oxygen atoms in total. The first-order chi connectivity index (χ1) is 9.54. The molecule has 0 fully saturated rings. The molecule has 1 N–H and O–H groups in total. The Hall–Kier alpha value is -1.32. The summed E-state index contributed by atoms with van der Waals surface area (Å²) in [6.45, 7) is 4.32. The number of benzene rings is 2. The molecule has 3 heteroatoms. The third kappa shape index (κ3) is 3.05. The van der Waals surface area contributed by atoms with Crippen molar-refractivity contribution in [2.45, 2.75) is 19.9 Å². The number of rotatable bonds is 4. The van der Waals surface area contributed by atoms with Crippen molar-refractivity contribution in [3.63, 3.8) is 0 Å². The fourth-order valence-electron chi connectivity index (χ4n) is 2.40. The second kappa shape index (κ2) is 6.42. The minimum Gasteiger partial charge on any atom is -0.344 e. The topological polar surface area (TPSA) is 15.3 Å². The first-order valence-corrected chi connectivity index (χ1v) is 7.60. The fourth-order valence-corrected chi connectivity index (χ4v) is 2.78. The van der Waals surface area contributed by atoms with Crippen LogP contribution < -0.4 is 10.2 Å². The van der Waals surface area contributed by atoms with Gasteiger partial charge in [0.1, 0.15) is 0 Å². The van der Waals surface area contributed by atoms with E-state index in [9.17, 15) is 0 Å². The van der Waals surface area contributed by atoms with Gasteiger partial charge in [-0.1, -0.05) is 34.1 Å². The molecule has 0 heterocycles. The Labute approximate surface area is 129 Å². The summed E-state index contributed by atoms with van der Waals surface area (Å²) in [4.78, 5) is 2.25. The molecule has 1 unspecified atom stereocenters. The van der Waals surface area contributed by atoms with E-state index in [2.05, 4.69) is 89.5 Å². The Morgan fingerprint density at radius 2 is 1.80 bits per heavy atom. The maximum atomic E-state index is 3.57. The van der Waals surface area contributed by atoms with E-state index in [1.165, 1.54) is 22.5 Å². The van der Waals surface area contributed by atoms with Gasteiger partial charge in [0.15, 0.2) is 0 Å². The summed E-state index contributed by atoms with van der Waals surface area (Å²) < 4.78 is 1.11. The van der Waals surface area contributed by atoms with Gasteiger partial charge in [-0.3, -0.25) is 0 Å². The van der Waals surface area contributed by atoms with E-state index < -0.39 is 0 Å². The van der Waals surface area contributed by atoms with Crippen LogP contribution in [0.15, 0.2) is 46.9 Å². The Morgan fingerprint density at radius 1 is 1.10 bits per heavy atom. The SMILES string of the molecule is CNC(C)c1cc(Br)ccc1N(C)c1ccccc1C. The predicted molar refractivity (Wildman–Crippen MR) is 90.9 cm³/mol. The number of aryl methyl sites for hydroxylation is 1. The quantitative estimate of drug-likeness (QED) is 0.864. The highest BCUT2D eigenvalue weighted by Gasteiger charge is 2.15. The van der Waals surface area contributed by atoms with Crippen LogP contribution in [0.5, 0.6) is 0 Å². The molecular formula is C17H21BrN2. The Bertz CT molecular complexity index is 595. The fraction of sp³-hybridized carbons (Fsp3) is 0.294. The van der Waals surface area contributed by atoms with Crippen LogP contribution in [0, 0.1) is 6.92 Å². The second-order valence-corrected chi connectivity index (χ2v) is 5.97. The number of anilines is 2. The predicted octanol–water partition coefficient (Wildman–Crippen LogP) is 4.81. The molecule has 2 aromatic carbocycles. The molecule has 0 aromatic heterocycles. The molecule has 0 saturated heterocycles. The second-order valence-electron chi connectivity index (χ2n) is 5.06. The Balaban J connectivity index is 2.49. The van der Waals surface area contributed by atoms with Crippen molar-refractivity contribution in [2.75, 3.05) is 19.0 Å². The Morgan fingerprint density at radius 3 is 2.45 bits per heavy atom. The number of hydrogen-bond donors (Lipinski definition) is 1. The number of nitrogens with zero attached hydrogens (tertiary/aromatic N) is 1. The van der Waals surface area contributed by atoms with Crippen LogP contribution in [0.4, 0.5) is 11.4 Å². The highest BCUT2D eigenvalue weighted by molar-refractivity contribution is 9.10. The highest BCUT2D eigenvalue weighted by atomic mass is 79.9. The average Bonchev–Trinajstić information content (AvgIpc) is 2.46. The summed E-state index contributed by atoms with van der Waals surface area (Å²) >= 11 is 3.57. The minimum absolute atomic E-state index is 0.300. The third-order valence-electron chi connectivity index (χ3n) is 3.73. The summed E-state index contributed by atoms with van der Waals surface area (Å²) in [6.07, 6.45) is 0. The van der Waals surface area contributed by atoms with E-state index in [0.29, 0.717) is 6.04 Å². The Kier molecular flexibility index (Phi) is 4.84. The highest BCUT2D eigenvalue weighted by Crippen LogP contribution is 2.34. The molecule has 0 saturated carbocycles. The van der Waals surface area contributed by atoms with Gasteiger partial charge in [0.2, 0.25) is 0 Å². The standard InChI is InChI=1S/C17H21BrN2/c1-12-7-5-6-8-16(12)20(4)17-10-9-14(18)11-15(17)13(2)19-3/h5-11,13,19H,1-4H3. The lowest BCUT2D eigenvalue weighted by Gasteiger charge is -2.26. The maximum Gasteiger partial charge on any atom is 0.0457 e. The molecule has 0 amide bonds. The third-order valence-corrected chi connectivity index (χ3v) is 4.22. The van der Waals surface area contributed by atoms with Crippen LogP contribution in [0.2, 0.25) is 0 Å². The summed E-state index contributed by atoms with van der Waals surface area (Å²) in [5.41, 5.74) is 5.03. The van der Waals surface area contributed by atoms with Gasteiger partial charge in [0.25, 0.3) is 0 Å². The average molecular weight is 333 g/mol. The van der Waals surface area contributed by atoms with E-state index in [4.69, 9.17) is 0 Å². The lowest BCUT2D eigenvalue weighted by molar-refractivity contribution is 0.652. The number of halogens is 1. The van der Waals surface area contributed by atoms with Crippen molar-refractivity contribution in [3.8, 4) is 0 Å². The number of hydrogen-bond acceptors (Lipinski definition) is 2. The number of para-hydroxylation sites is 1. The molecule has 20 heavy (non-hydrogen) atoms. The first-order valence-electron chi connectivity index (χ1n) is 6.80. The van der Waals surface area contributed by atoms with E-state index in [-0.39, 0.29) is 0 Å². The zero-order valence-corrected chi connectivity index (χ0v) is 14.0. The normalized spacial score (nSPS) is 12.2. The first kappa shape index (κ1) is 15.1. The van der Waals surface area contributed by atoms with E-state index in [1.807, 2.05) is 7.05 Å². The van der Waals surface area contributed by atoms with Crippen LogP contribution in [0.25, 0.3) is 0 Å². The number of nitrogens with one attached hydrogen (secondary N) is 1. The lowest BCUT2D eigenvalue weighted by atomic mass is 10.0. The minimum atomic E-state index is 0.300.